The standard InChI is InChI=1S/C12H12N8P/c1-5-17(9-13-1)21(18-6-2-14-10-18,19-7-3-15-11-19)20-8-4-16-12-20/h1-12H/q+1. The lowest BCUT2D eigenvalue weighted by Crippen LogP contribution is -2.23. The highest BCUT2D eigenvalue weighted by Gasteiger charge is 2.48. The fourth-order valence-corrected chi connectivity index (χ4v) is 5.54. The molecule has 0 unspecified atom stereocenters. The van der Waals surface area contributed by atoms with Crippen LogP contribution in [-0.4, -0.2) is 37.3 Å². The zero-order valence-corrected chi connectivity index (χ0v) is 11.8. The Hall–Kier alpha value is -2.73. The van der Waals surface area contributed by atoms with Gasteiger partial charge in [-0.25, -0.2) is 19.9 Å². The molecular weight excluding hydrogens is 287 g/mol. The van der Waals surface area contributed by atoms with Gasteiger partial charge in [-0.1, -0.05) is 0 Å². The first-order chi connectivity index (χ1) is 10.4. The van der Waals surface area contributed by atoms with E-state index in [0.29, 0.717) is 0 Å². The van der Waals surface area contributed by atoms with E-state index in [-0.39, 0.29) is 0 Å². The van der Waals surface area contributed by atoms with Gasteiger partial charge < -0.3 is 0 Å². The van der Waals surface area contributed by atoms with E-state index in [1.54, 1.807) is 50.1 Å². The van der Waals surface area contributed by atoms with E-state index >= 15 is 0 Å². The van der Waals surface area contributed by atoms with Crippen LogP contribution in [0.1, 0.15) is 0 Å². The lowest BCUT2D eigenvalue weighted by atomic mass is 11.0. The van der Waals surface area contributed by atoms with Crippen molar-refractivity contribution in [3.05, 3.63) is 74.9 Å². The number of rotatable bonds is 4. The van der Waals surface area contributed by atoms with Crippen LogP contribution < -0.4 is 0 Å². The molecule has 4 aromatic rings. The van der Waals surface area contributed by atoms with Crippen molar-refractivity contribution in [2.75, 3.05) is 0 Å². The van der Waals surface area contributed by atoms with Gasteiger partial charge in [-0.2, -0.15) is 17.4 Å². The summed E-state index contributed by atoms with van der Waals surface area (Å²) in [6, 6.07) is 0. The molecule has 0 fully saturated rings. The maximum atomic E-state index is 4.21. The molecule has 0 amide bonds. The molecule has 104 valence electrons. The van der Waals surface area contributed by atoms with Gasteiger partial charge in [-0.3, -0.25) is 0 Å². The highest BCUT2D eigenvalue weighted by atomic mass is 31.2. The van der Waals surface area contributed by atoms with Gasteiger partial charge in [0.2, 0.25) is 0 Å². The molecule has 8 nitrogen and oxygen atoms in total. The fraction of sp³-hybridized carbons (Fsp3) is 0. The molecule has 4 aromatic heterocycles. The Morgan fingerprint density at radius 2 is 0.762 bits per heavy atom. The first-order valence-corrected chi connectivity index (χ1v) is 7.86. The highest BCUT2D eigenvalue weighted by Crippen LogP contribution is 2.61. The van der Waals surface area contributed by atoms with Crippen LogP contribution in [0.2, 0.25) is 0 Å². The molecule has 21 heavy (non-hydrogen) atoms. The molecular formula is C12H12N8P+. The topological polar surface area (TPSA) is 71.3 Å². The molecule has 4 rings (SSSR count). The zero-order chi connectivity index (χ0) is 14.1. The Labute approximate surface area is 120 Å². The molecule has 0 N–H and O–H groups in total. The van der Waals surface area contributed by atoms with Gasteiger partial charge in [0, 0.05) is 24.8 Å². The van der Waals surface area contributed by atoms with Gasteiger partial charge in [0.05, 0.1) is 24.8 Å². The van der Waals surface area contributed by atoms with Crippen molar-refractivity contribution in [1.29, 1.82) is 0 Å². The third kappa shape index (κ3) is 1.66. The van der Waals surface area contributed by atoms with E-state index in [1.807, 2.05) is 24.8 Å². The number of hydrogen-bond acceptors (Lipinski definition) is 4. The van der Waals surface area contributed by atoms with E-state index in [2.05, 4.69) is 37.3 Å². The fourth-order valence-electron chi connectivity index (χ4n) is 2.36. The number of aromatic nitrogens is 8. The molecule has 0 atom stereocenters. The van der Waals surface area contributed by atoms with Gasteiger partial charge in [0.1, 0.15) is 25.3 Å². The number of imidazole rings is 4. The van der Waals surface area contributed by atoms with Crippen LogP contribution in [0.15, 0.2) is 74.9 Å². The maximum absolute atomic E-state index is 4.21. The van der Waals surface area contributed by atoms with Crippen molar-refractivity contribution in [2.24, 2.45) is 0 Å². The summed E-state index contributed by atoms with van der Waals surface area (Å²) in [4.78, 5) is 16.8. The predicted octanol–water partition coefficient (Wildman–Crippen LogP) is 1.64. The number of hydrogen-bond donors (Lipinski definition) is 0. The first-order valence-electron chi connectivity index (χ1n) is 6.26. The average molecular weight is 299 g/mol. The van der Waals surface area contributed by atoms with E-state index in [9.17, 15) is 0 Å². The summed E-state index contributed by atoms with van der Waals surface area (Å²) in [5.74, 6) is 0. The summed E-state index contributed by atoms with van der Waals surface area (Å²) >= 11 is 0. The van der Waals surface area contributed by atoms with Crippen LogP contribution in [0.25, 0.3) is 0 Å². The lowest BCUT2D eigenvalue weighted by molar-refractivity contribution is 0.915. The van der Waals surface area contributed by atoms with Gasteiger partial charge in [0.25, 0.3) is 0 Å². The van der Waals surface area contributed by atoms with E-state index < -0.39 is 7.87 Å². The minimum Gasteiger partial charge on any atom is -0.241 e. The Bertz CT molecular complexity index is 643. The second-order valence-corrected chi connectivity index (χ2v) is 7.23. The average Bonchev–Trinajstić information content (AvgIpc) is 3.32. The van der Waals surface area contributed by atoms with Crippen LogP contribution in [0.4, 0.5) is 0 Å². The Kier molecular flexibility index (Phi) is 2.68. The normalized spacial score (nSPS) is 11.8. The summed E-state index contributed by atoms with van der Waals surface area (Å²) in [6.45, 7) is 0. The molecule has 0 aliphatic heterocycles. The molecule has 0 radical (unpaired) electrons. The van der Waals surface area contributed by atoms with Crippen molar-refractivity contribution < 1.29 is 0 Å². The van der Waals surface area contributed by atoms with Crippen LogP contribution >= 0.6 is 7.87 Å². The molecule has 0 bridgehead atoms. The van der Waals surface area contributed by atoms with E-state index in [1.165, 1.54) is 0 Å². The molecule has 0 saturated heterocycles. The summed E-state index contributed by atoms with van der Waals surface area (Å²) in [7, 11) is -2.30. The quantitative estimate of drug-likeness (QED) is 0.537. The van der Waals surface area contributed by atoms with Gasteiger partial charge in [-0.05, 0) is 0 Å². The molecule has 0 spiro atoms. The van der Waals surface area contributed by atoms with Crippen LogP contribution in [0.5, 0.6) is 0 Å². The van der Waals surface area contributed by atoms with Crippen LogP contribution in [0.3, 0.4) is 0 Å². The minimum absolute atomic E-state index is 1.76. The van der Waals surface area contributed by atoms with Gasteiger partial charge in [-0.15, -0.1) is 0 Å². The third-order valence-corrected chi connectivity index (χ3v) is 6.63. The van der Waals surface area contributed by atoms with Crippen molar-refractivity contribution in [1.82, 2.24) is 37.3 Å². The molecule has 0 aliphatic rings. The second-order valence-electron chi connectivity index (χ2n) is 4.31. The zero-order valence-electron chi connectivity index (χ0n) is 11.0. The van der Waals surface area contributed by atoms with Crippen molar-refractivity contribution in [3.8, 4) is 0 Å². The van der Waals surface area contributed by atoms with E-state index in [4.69, 9.17) is 0 Å². The van der Waals surface area contributed by atoms with Crippen LogP contribution in [0, 0.1) is 0 Å². The molecule has 9 heteroatoms. The molecule has 0 aliphatic carbocycles. The predicted molar refractivity (Wildman–Crippen MR) is 77.4 cm³/mol. The Morgan fingerprint density at radius 3 is 0.952 bits per heavy atom. The minimum atomic E-state index is -2.30. The van der Waals surface area contributed by atoms with Crippen molar-refractivity contribution in [3.63, 3.8) is 0 Å². The third-order valence-electron chi connectivity index (χ3n) is 3.20. The molecule has 0 saturated carbocycles. The summed E-state index contributed by atoms with van der Waals surface area (Å²) < 4.78 is 8.27. The smallest absolute Gasteiger partial charge is 0.241 e. The SMILES string of the molecule is c1cn([P+](n2ccnc2)(n2ccnc2)n2ccnc2)cn1. The monoisotopic (exact) mass is 299 g/mol. The Balaban J connectivity index is 2.10. The molecule has 0 aromatic carbocycles. The highest BCUT2D eigenvalue weighted by molar-refractivity contribution is 7.69. The second kappa shape index (κ2) is 4.68. The summed E-state index contributed by atoms with van der Waals surface area (Å²) in [5.41, 5.74) is 0. The van der Waals surface area contributed by atoms with Crippen molar-refractivity contribution >= 4 is 7.87 Å². The molecule has 4 heterocycles. The Morgan fingerprint density at radius 1 is 0.476 bits per heavy atom. The van der Waals surface area contributed by atoms with E-state index in [0.717, 1.165) is 0 Å². The summed E-state index contributed by atoms with van der Waals surface area (Å²) in [5, 5.41) is 0. The summed E-state index contributed by atoms with van der Waals surface area (Å²) in [6.07, 6.45) is 22.0. The number of nitrogens with zero attached hydrogens (tertiary/aromatic N) is 8. The maximum Gasteiger partial charge on any atom is 0.425 e. The van der Waals surface area contributed by atoms with Crippen LogP contribution in [-0.2, 0) is 0 Å². The first kappa shape index (κ1) is 12.0. The largest absolute Gasteiger partial charge is 0.425 e. The lowest BCUT2D eigenvalue weighted by Gasteiger charge is -2.26. The van der Waals surface area contributed by atoms with Gasteiger partial charge >= 0.3 is 7.87 Å². The van der Waals surface area contributed by atoms with Gasteiger partial charge in [0.15, 0.2) is 0 Å². The van der Waals surface area contributed by atoms with Crippen molar-refractivity contribution in [2.45, 2.75) is 0 Å².